The molecule has 36 heavy (non-hydrogen) atoms. The van der Waals surface area contributed by atoms with E-state index in [1.165, 1.54) is 10.6 Å². The van der Waals surface area contributed by atoms with Crippen molar-refractivity contribution in [2.45, 2.75) is 19.3 Å². The Hall–Kier alpha value is -4.16. The molecule has 0 bridgehead atoms. The van der Waals surface area contributed by atoms with Gasteiger partial charge in [-0.3, -0.25) is 4.79 Å². The molecule has 0 radical (unpaired) electrons. The smallest absolute Gasteiger partial charge is 0.335 e. The van der Waals surface area contributed by atoms with Crippen LogP contribution in [0.4, 0.5) is 0 Å². The van der Waals surface area contributed by atoms with E-state index in [-0.39, 0.29) is 17.0 Å². The third-order valence-electron chi connectivity index (χ3n) is 6.32. The molecule has 0 saturated heterocycles. The molecule has 6 nitrogen and oxygen atoms in total. The molecule has 1 atom stereocenters. The Morgan fingerprint density at radius 2 is 1.56 bits per heavy atom. The summed E-state index contributed by atoms with van der Waals surface area (Å²) in [7, 11) is 1.66. The van der Waals surface area contributed by atoms with Crippen molar-refractivity contribution in [3.05, 3.63) is 128 Å². The highest BCUT2D eigenvalue weighted by Gasteiger charge is 2.21. The number of hydrogen-bond donors (Lipinski definition) is 2. The topological polar surface area (TPSA) is 91.9 Å². The van der Waals surface area contributed by atoms with Gasteiger partial charge in [0.05, 0.1) is 11.3 Å². The van der Waals surface area contributed by atoms with Crippen molar-refractivity contribution < 1.29 is 15.1 Å². The fraction of sp³-hybridized carbons (Fsp3) is 0.138. The van der Waals surface area contributed by atoms with Gasteiger partial charge in [-0.05, 0) is 65.1 Å². The second-order valence-electron chi connectivity index (χ2n) is 8.68. The van der Waals surface area contributed by atoms with Crippen LogP contribution in [-0.2, 0) is 7.05 Å². The van der Waals surface area contributed by atoms with E-state index in [4.69, 9.17) is 16.7 Å². The number of oxime groups is 1. The molecule has 0 unspecified atom stereocenters. The number of carboxylic acid groups (broad SMARTS) is 1. The molecule has 1 aromatic heterocycles. The lowest BCUT2D eigenvalue weighted by Gasteiger charge is -2.21. The van der Waals surface area contributed by atoms with Gasteiger partial charge in [-0.1, -0.05) is 59.2 Å². The van der Waals surface area contributed by atoms with Crippen LogP contribution in [0, 0.1) is 6.92 Å². The highest BCUT2D eigenvalue weighted by Crippen LogP contribution is 2.34. The van der Waals surface area contributed by atoms with Crippen LogP contribution in [0.3, 0.4) is 0 Å². The Labute approximate surface area is 213 Å². The summed E-state index contributed by atoms with van der Waals surface area (Å²) in [6.07, 6.45) is 2.05. The summed E-state index contributed by atoms with van der Waals surface area (Å²) < 4.78 is 1.45. The van der Waals surface area contributed by atoms with Crippen molar-refractivity contribution in [3.63, 3.8) is 0 Å². The minimum Gasteiger partial charge on any atom is -0.478 e. The number of aromatic nitrogens is 1. The van der Waals surface area contributed by atoms with E-state index in [0.29, 0.717) is 22.7 Å². The molecule has 0 aliphatic carbocycles. The number of aromatic carboxylic acids is 1. The molecule has 1 heterocycles. The maximum Gasteiger partial charge on any atom is 0.335 e. The van der Waals surface area contributed by atoms with Gasteiger partial charge in [0.2, 0.25) is 5.56 Å². The summed E-state index contributed by atoms with van der Waals surface area (Å²) in [5.74, 6) is -1.10. The van der Waals surface area contributed by atoms with Crippen molar-refractivity contribution in [2.75, 3.05) is 0 Å². The molecule has 2 N–H and O–H groups in total. The quantitative estimate of drug-likeness (QED) is 0.182. The van der Waals surface area contributed by atoms with Crippen molar-refractivity contribution >= 4 is 23.3 Å². The number of hydrogen-bond acceptors (Lipinski definition) is 4. The first-order valence-electron chi connectivity index (χ1n) is 11.3. The van der Waals surface area contributed by atoms with Crippen LogP contribution in [0.15, 0.2) is 95.0 Å². The first-order valence-corrected chi connectivity index (χ1v) is 11.7. The Kier molecular flexibility index (Phi) is 7.36. The number of benzene rings is 3. The van der Waals surface area contributed by atoms with E-state index in [1.54, 1.807) is 43.6 Å². The molecule has 3 aromatic carbocycles. The molecule has 182 valence electrons. The molecular formula is C29H25ClN2O4. The molecule has 0 spiro atoms. The summed E-state index contributed by atoms with van der Waals surface area (Å²) in [6, 6.07) is 23.6. The van der Waals surface area contributed by atoms with Crippen molar-refractivity contribution in [1.29, 1.82) is 0 Å². The van der Waals surface area contributed by atoms with Gasteiger partial charge in [0.15, 0.2) is 0 Å². The van der Waals surface area contributed by atoms with Gasteiger partial charge in [-0.25, -0.2) is 4.79 Å². The normalized spacial score (nSPS) is 12.4. The highest BCUT2D eigenvalue weighted by atomic mass is 35.5. The maximum atomic E-state index is 11.8. The number of nitrogens with zero attached hydrogens (tertiary/aromatic N) is 2. The molecule has 0 fully saturated rings. The molecule has 7 heteroatoms. The van der Waals surface area contributed by atoms with Crippen LogP contribution in [0.1, 0.15) is 45.0 Å². The second kappa shape index (κ2) is 10.6. The Bertz CT molecular complexity index is 1490. The van der Waals surface area contributed by atoms with Crippen LogP contribution in [0.5, 0.6) is 0 Å². The number of rotatable bonds is 7. The Balaban J connectivity index is 1.72. The fourth-order valence-corrected chi connectivity index (χ4v) is 4.55. The third-order valence-corrected chi connectivity index (χ3v) is 6.56. The summed E-state index contributed by atoms with van der Waals surface area (Å²) in [5.41, 5.74) is 6.14. The number of aryl methyl sites for hydroxylation is 2. The monoisotopic (exact) mass is 500 g/mol. The lowest BCUT2D eigenvalue weighted by molar-refractivity contribution is 0.0697. The van der Waals surface area contributed by atoms with Gasteiger partial charge >= 0.3 is 5.97 Å². The van der Waals surface area contributed by atoms with Crippen molar-refractivity contribution in [1.82, 2.24) is 4.57 Å². The lowest BCUT2D eigenvalue weighted by atomic mass is 9.83. The molecule has 0 amide bonds. The molecule has 0 saturated carbocycles. The zero-order valence-electron chi connectivity index (χ0n) is 19.9. The number of carboxylic acids is 1. The van der Waals surface area contributed by atoms with Gasteiger partial charge in [0.1, 0.15) is 0 Å². The fourth-order valence-electron chi connectivity index (χ4n) is 4.32. The average Bonchev–Trinajstić information content (AvgIpc) is 2.87. The number of carbonyl (C=O) groups is 1. The first kappa shape index (κ1) is 24.9. The molecule has 0 aliphatic rings. The molecule has 4 rings (SSSR count). The minimum atomic E-state index is -0.960. The van der Waals surface area contributed by atoms with Crippen LogP contribution >= 0.6 is 11.6 Å². The summed E-state index contributed by atoms with van der Waals surface area (Å²) >= 11 is 6.22. The minimum absolute atomic E-state index is 0.145. The highest BCUT2D eigenvalue weighted by molar-refractivity contribution is 6.30. The van der Waals surface area contributed by atoms with E-state index in [1.807, 2.05) is 49.4 Å². The average molecular weight is 501 g/mol. The van der Waals surface area contributed by atoms with Crippen LogP contribution in [0.25, 0.3) is 11.1 Å². The van der Waals surface area contributed by atoms with Crippen LogP contribution < -0.4 is 5.56 Å². The molecule has 4 aromatic rings. The van der Waals surface area contributed by atoms with Crippen molar-refractivity contribution in [2.24, 2.45) is 12.2 Å². The zero-order valence-corrected chi connectivity index (χ0v) is 20.6. The van der Waals surface area contributed by atoms with E-state index in [9.17, 15) is 14.8 Å². The first-order chi connectivity index (χ1) is 17.3. The molecular weight excluding hydrogens is 476 g/mol. The van der Waals surface area contributed by atoms with E-state index < -0.39 is 5.97 Å². The van der Waals surface area contributed by atoms with E-state index >= 15 is 0 Å². The third kappa shape index (κ3) is 5.39. The molecule has 0 aliphatic heterocycles. The van der Waals surface area contributed by atoms with Crippen molar-refractivity contribution in [3.8, 4) is 11.1 Å². The van der Waals surface area contributed by atoms with Crippen LogP contribution in [0.2, 0.25) is 5.02 Å². The van der Waals surface area contributed by atoms with Gasteiger partial charge in [0, 0.05) is 42.2 Å². The van der Waals surface area contributed by atoms with Gasteiger partial charge in [0.25, 0.3) is 0 Å². The van der Waals surface area contributed by atoms with Gasteiger partial charge < -0.3 is 14.9 Å². The Morgan fingerprint density at radius 1 is 0.944 bits per heavy atom. The van der Waals surface area contributed by atoms with Gasteiger partial charge in [-0.15, -0.1) is 0 Å². The van der Waals surface area contributed by atoms with Gasteiger partial charge in [-0.2, -0.15) is 0 Å². The lowest BCUT2D eigenvalue weighted by Crippen LogP contribution is -2.18. The summed E-state index contributed by atoms with van der Waals surface area (Å²) in [6.45, 7) is 1.99. The van der Waals surface area contributed by atoms with E-state index in [0.717, 1.165) is 27.8 Å². The zero-order chi connectivity index (χ0) is 25.8. The Morgan fingerprint density at radius 3 is 2.11 bits per heavy atom. The van der Waals surface area contributed by atoms with E-state index in [2.05, 4.69) is 5.16 Å². The summed E-state index contributed by atoms with van der Waals surface area (Å²) in [4.78, 5) is 23.0. The maximum absolute atomic E-state index is 11.8. The van der Waals surface area contributed by atoms with Crippen LogP contribution in [-0.4, -0.2) is 26.6 Å². The number of halogens is 1. The number of pyridine rings is 1. The second-order valence-corrected chi connectivity index (χ2v) is 9.11. The predicted octanol–water partition coefficient (Wildman–Crippen LogP) is 6.11. The predicted molar refractivity (Wildman–Crippen MR) is 141 cm³/mol. The SMILES string of the molecule is Cc1cc(Cl)ccc1[C@@H](C/C(=N\O)c1ccc(=O)n(C)c1)c1ccc(-c2ccc(C(=O)O)cc2)cc1. The summed E-state index contributed by atoms with van der Waals surface area (Å²) in [5, 5.41) is 23.3. The standard InChI is InChI=1S/C29H25ClN2O4/c1-18-15-24(30)12-13-25(18)26(16-27(31-36)23-11-14-28(33)32(2)17-23)21-7-3-19(4-8-21)20-5-9-22(10-6-20)29(34)35/h3-15,17,26,36H,16H2,1-2H3,(H,34,35)/b31-27+/t26-/m0/s1. The largest absolute Gasteiger partial charge is 0.478 e.